The third kappa shape index (κ3) is 8.86. The van der Waals surface area contributed by atoms with E-state index in [4.69, 9.17) is 15.9 Å². The van der Waals surface area contributed by atoms with Crippen molar-refractivity contribution < 1.29 is 19.0 Å². The van der Waals surface area contributed by atoms with Gasteiger partial charge in [0.15, 0.2) is 0 Å². The quantitative estimate of drug-likeness (QED) is 0.324. The summed E-state index contributed by atoms with van der Waals surface area (Å²) in [5, 5.41) is 0. The standard InChI is InChI=1S/C9H14O4/c1-3-5-12-7-8-13-6-4-9(10)11-2/h1H,4-8H2,2H3. The number of methoxy groups -OCH3 is 1. The van der Waals surface area contributed by atoms with Gasteiger partial charge in [0, 0.05) is 0 Å². The average molecular weight is 186 g/mol. The van der Waals surface area contributed by atoms with Gasteiger partial charge < -0.3 is 14.2 Å². The van der Waals surface area contributed by atoms with Crippen LogP contribution in [0.3, 0.4) is 0 Å². The number of hydrogen-bond acceptors (Lipinski definition) is 4. The van der Waals surface area contributed by atoms with Gasteiger partial charge in [0.1, 0.15) is 6.61 Å². The first-order valence-corrected chi connectivity index (χ1v) is 3.97. The Labute approximate surface area is 78.2 Å². The van der Waals surface area contributed by atoms with Crippen LogP contribution in [0.25, 0.3) is 0 Å². The van der Waals surface area contributed by atoms with Gasteiger partial charge >= 0.3 is 5.97 Å². The Balaban J connectivity index is 3.00. The van der Waals surface area contributed by atoms with Crippen LogP contribution in [-0.4, -0.2) is 39.5 Å². The van der Waals surface area contributed by atoms with Crippen LogP contribution in [-0.2, 0) is 19.0 Å². The number of rotatable bonds is 7. The first kappa shape index (κ1) is 11.9. The monoisotopic (exact) mass is 186 g/mol. The molecule has 13 heavy (non-hydrogen) atoms. The predicted molar refractivity (Wildman–Crippen MR) is 47.1 cm³/mol. The van der Waals surface area contributed by atoms with Gasteiger partial charge in [-0.3, -0.25) is 4.79 Å². The Bertz CT molecular complexity index is 171. The number of carbonyl (C=O) groups is 1. The summed E-state index contributed by atoms with van der Waals surface area (Å²) in [5.74, 6) is 2.06. The second kappa shape index (κ2) is 9.04. The molecular weight excluding hydrogens is 172 g/mol. The largest absolute Gasteiger partial charge is 0.469 e. The van der Waals surface area contributed by atoms with Crippen molar-refractivity contribution in [2.24, 2.45) is 0 Å². The summed E-state index contributed by atoms with van der Waals surface area (Å²) in [6.07, 6.45) is 5.22. The summed E-state index contributed by atoms with van der Waals surface area (Å²) in [4.78, 5) is 10.6. The third-order valence-electron chi connectivity index (χ3n) is 1.24. The van der Waals surface area contributed by atoms with Crippen molar-refractivity contribution >= 4 is 5.97 Å². The van der Waals surface area contributed by atoms with Gasteiger partial charge in [0.05, 0.1) is 33.4 Å². The van der Waals surface area contributed by atoms with Gasteiger partial charge in [0.2, 0.25) is 0 Å². The molecule has 0 rings (SSSR count). The van der Waals surface area contributed by atoms with Gasteiger partial charge in [0.25, 0.3) is 0 Å². The molecule has 0 aliphatic carbocycles. The zero-order chi connectivity index (χ0) is 9.94. The minimum absolute atomic E-state index is 0.269. The molecule has 0 unspecified atom stereocenters. The predicted octanol–water partition coefficient (Wildman–Crippen LogP) is 0.216. The van der Waals surface area contributed by atoms with Crippen LogP contribution in [0.2, 0.25) is 0 Å². The maximum Gasteiger partial charge on any atom is 0.307 e. The molecule has 4 heteroatoms. The molecule has 0 heterocycles. The molecule has 0 radical (unpaired) electrons. The van der Waals surface area contributed by atoms with Crippen molar-refractivity contribution in [3.8, 4) is 12.3 Å². The number of terminal acetylenes is 1. The summed E-state index contributed by atoms with van der Waals surface area (Å²) in [5.41, 5.74) is 0. The van der Waals surface area contributed by atoms with E-state index in [1.807, 2.05) is 0 Å². The van der Waals surface area contributed by atoms with Crippen LogP contribution >= 0.6 is 0 Å². The van der Waals surface area contributed by atoms with Crippen molar-refractivity contribution in [3.05, 3.63) is 0 Å². The van der Waals surface area contributed by atoms with Crippen molar-refractivity contribution in [3.63, 3.8) is 0 Å². The fourth-order valence-corrected chi connectivity index (χ4v) is 0.609. The van der Waals surface area contributed by atoms with Gasteiger partial charge in [-0.05, 0) is 0 Å². The molecule has 0 N–H and O–H groups in total. The Morgan fingerprint density at radius 1 is 1.31 bits per heavy atom. The summed E-state index contributed by atoms with van der Waals surface area (Å²) >= 11 is 0. The lowest BCUT2D eigenvalue weighted by Crippen LogP contribution is -2.09. The fourth-order valence-electron chi connectivity index (χ4n) is 0.609. The third-order valence-corrected chi connectivity index (χ3v) is 1.24. The Kier molecular flexibility index (Phi) is 8.31. The molecule has 0 aromatic heterocycles. The molecule has 0 aliphatic heterocycles. The lowest BCUT2D eigenvalue weighted by atomic mass is 10.5. The van der Waals surface area contributed by atoms with Gasteiger partial charge in [-0.15, -0.1) is 6.42 Å². The van der Waals surface area contributed by atoms with Gasteiger partial charge in [-0.1, -0.05) is 5.92 Å². The molecule has 0 amide bonds. The molecular formula is C9H14O4. The smallest absolute Gasteiger partial charge is 0.307 e. The molecule has 0 saturated heterocycles. The van der Waals surface area contributed by atoms with E-state index in [1.54, 1.807) is 0 Å². The van der Waals surface area contributed by atoms with Crippen LogP contribution in [0.4, 0.5) is 0 Å². The highest BCUT2D eigenvalue weighted by atomic mass is 16.5. The topological polar surface area (TPSA) is 44.8 Å². The Hall–Kier alpha value is -1.05. The highest BCUT2D eigenvalue weighted by molar-refractivity contribution is 5.69. The average Bonchev–Trinajstić information content (AvgIpc) is 2.16. The number of carbonyl (C=O) groups excluding carboxylic acids is 1. The van der Waals surface area contributed by atoms with Gasteiger partial charge in [-0.2, -0.15) is 0 Å². The lowest BCUT2D eigenvalue weighted by molar-refractivity contribution is -0.141. The molecule has 74 valence electrons. The number of esters is 1. The highest BCUT2D eigenvalue weighted by Gasteiger charge is 1.98. The Morgan fingerprint density at radius 3 is 2.62 bits per heavy atom. The molecule has 0 saturated carbocycles. The number of ether oxygens (including phenoxy) is 3. The summed E-state index contributed by atoms with van der Waals surface area (Å²) in [7, 11) is 1.35. The highest BCUT2D eigenvalue weighted by Crippen LogP contribution is 1.86. The SMILES string of the molecule is C#CCOCCOCCC(=O)OC. The minimum Gasteiger partial charge on any atom is -0.469 e. The molecule has 4 nitrogen and oxygen atoms in total. The summed E-state index contributed by atoms with van der Waals surface area (Å²) < 4.78 is 14.4. The van der Waals surface area contributed by atoms with Crippen LogP contribution in [0.15, 0.2) is 0 Å². The second-order valence-electron chi connectivity index (χ2n) is 2.20. The van der Waals surface area contributed by atoms with Crippen molar-refractivity contribution in [1.82, 2.24) is 0 Å². The second-order valence-corrected chi connectivity index (χ2v) is 2.20. The zero-order valence-corrected chi connectivity index (χ0v) is 7.75. The molecule has 0 bridgehead atoms. The van der Waals surface area contributed by atoms with Crippen molar-refractivity contribution in [1.29, 1.82) is 0 Å². The van der Waals surface area contributed by atoms with Crippen LogP contribution in [0.5, 0.6) is 0 Å². The van der Waals surface area contributed by atoms with Crippen LogP contribution < -0.4 is 0 Å². The van der Waals surface area contributed by atoms with E-state index < -0.39 is 0 Å². The van der Waals surface area contributed by atoms with E-state index in [0.717, 1.165) is 0 Å². The molecule has 0 aliphatic rings. The first-order chi connectivity index (χ1) is 6.31. The van der Waals surface area contributed by atoms with E-state index in [0.29, 0.717) is 26.4 Å². The first-order valence-electron chi connectivity index (χ1n) is 3.97. The zero-order valence-electron chi connectivity index (χ0n) is 7.75. The Morgan fingerprint density at radius 2 is 2.00 bits per heavy atom. The van der Waals surface area contributed by atoms with E-state index in [2.05, 4.69) is 10.7 Å². The molecule has 0 fully saturated rings. The summed E-state index contributed by atoms with van der Waals surface area (Å²) in [6.45, 7) is 1.54. The molecule has 0 atom stereocenters. The normalized spacial score (nSPS) is 9.23. The fraction of sp³-hybridized carbons (Fsp3) is 0.667. The van der Waals surface area contributed by atoms with Gasteiger partial charge in [-0.25, -0.2) is 0 Å². The lowest BCUT2D eigenvalue weighted by Gasteiger charge is -2.02. The van der Waals surface area contributed by atoms with E-state index in [1.165, 1.54) is 7.11 Å². The molecule has 0 aromatic rings. The van der Waals surface area contributed by atoms with Crippen LogP contribution in [0, 0.1) is 12.3 Å². The number of hydrogen-bond donors (Lipinski definition) is 0. The van der Waals surface area contributed by atoms with Crippen LogP contribution in [0.1, 0.15) is 6.42 Å². The van der Waals surface area contributed by atoms with Crippen molar-refractivity contribution in [2.75, 3.05) is 33.5 Å². The maximum atomic E-state index is 10.6. The summed E-state index contributed by atoms with van der Waals surface area (Å²) in [6, 6.07) is 0. The minimum atomic E-state index is -0.274. The molecule has 0 aromatic carbocycles. The molecule has 0 spiro atoms. The maximum absolute atomic E-state index is 10.6. The van der Waals surface area contributed by atoms with E-state index in [9.17, 15) is 4.79 Å². The van der Waals surface area contributed by atoms with Crippen molar-refractivity contribution in [2.45, 2.75) is 6.42 Å². The van der Waals surface area contributed by atoms with E-state index >= 15 is 0 Å². The van der Waals surface area contributed by atoms with E-state index in [-0.39, 0.29) is 12.4 Å².